The molecule has 0 saturated carbocycles. The van der Waals surface area contributed by atoms with Crippen LogP contribution in [0.5, 0.6) is 0 Å². The van der Waals surface area contributed by atoms with Crippen LogP contribution < -0.4 is 11.2 Å². The first-order chi connectivity index (χ1) is 9.90. The monoisotopic (exact) mass is 324 g/mol. The van der Waals surface area contributed by atoms with Crippen molar-refractivity contribution in [2.24, 2.45) is 24.3 Å². The van der Waals surface area contributed by atoms with Gasteiger partial charge in [0.1, 0.15) is 5.15 Å². The van der Waals surface area contributed by atoms with Gasteiger partial charge in [0.15, 0.2) is 5.49 Å². The first kappa shape index (κ1) is 15.5. The summed E-state index contributed by atoms with van der Waals surface area (Å²) in [6.45, 7) is 1.83. The van der Waals surface area contributed by atoms with Gasteiger partial charge in [-0.25, -0.2) is 4.79 Å². The van der Waals surface area contributed by atoms with Gasteiger partial charge in [-0.15, -0.1) is 5.10 Å². The first-order valence-corrected chi connectivity index (χ1v) is 6.92. The molecule has 1 heterocycles. The quantitative estimate of drug-likeness (QED) is 0.475. The highest BCUT2D eigenvalue weighted by Crippen LogP contribution is 2.10. The Labute approximate surface area is 131 Å². The number of hydrogen-bond donors (Lipinski definition) is 0. The molecule has 2 rings (SSSR count). The molecule has 0 radical (unpaired) electrons. The maximum Gasteiger partial charge on any atom is 0.330 e. The Hall–Kier alpha value is -1.85. The second-order valence-electron chi connectivity index (χ2n) is 4.52. The van der Waals surface area contributed by atoms with Crippen molar-refractivity contribution in [1.82, 2.24) is 9.13 Å². The topological polar surface area (TPSA) is 51.6 Å². The summed E-state index contributed by atoms with van der Waals surface area (Å²) >= 11 is 11.8. The smallest absolute Gasteiger partial charge is 0.287 e. The molecule has 110 valence electrons. The van der Waals surface area contributed by atoms with E-state index in [0.29, 0.717) is 21.4 Å². The molecule has 2 aromatic rings. The van der Waals surface area contributed by atoms with Crippen LogP contribution in [0.3, 0.4) is 0 Å². The van der Waals surface area contributed by atoms with Crippen LogP contribution in [-0.4, -0.2) is 14.8 Å². The molecule has 0 amide bonds. The molecule has 0 saturated heterocycles. The lowest BCUT2D eigenvalue weighted by Gasteiger charge is -2.04. The highest BCUT2D eigenvalue weighted by molar-refractivity contribution is 6.30. The molecule has 0 aliphatic carbocycles. The van der Waals surface area contributed by atoms with Gasteiger partial charge < -0.3 is 0 Å². The molecule has 0 spiro atoms. The third-order valence-corrected chi connectivity index (χ3v) is 3.67. The maximum absolute atomic E-state index is 11.9. The summed E-state index contributed by atoms with van der Waals surface area (Å²) in [4.78, 5) is 11.9. The highest BCUT2D eigenvalue weighted by atomic mass is 35.5. The van der Waals surface area contributed by atoms with Gasteiger partial charge in [-0.1, -0.05) is 35.3 Å². The minimum Gasteiger partial charge on any atom is -0.287 e. The Bertz CT molecular complexity index is 816. The summed E-state index contributed by atoms with van der Waals surface area (Å²) in [5, 5.41) is 9.19. The van der Waals surface area contributed by atoms with Gasteiger partial charge in [-0.3, -0.25) is 9.13 Å². The Morgan fingerprint density at radius 2 is 1.71 bits per heavy atom. The molecule has 0 aliphatic rings. The molecule has 0 N–H and O–H groups in total. The number of hydrogen-bond acceptors (Lipinski definition) is 3. The molecule has 0 atom stereocenters. The summed E-state index contributed by atoms with van der Waals surface area (Å²) in [5.41, 5.74) is 1.74. The van der Waals surface area contributed by atoms with E-state index >= 15 is 0 Å². The van der Waals surface area contributed by atoms with Crippen LogP contribution >= 0.6 is 23.2 Å². The van der Waals surface area contributed by atoms with Gasteiger partial charge in [-0.2, -0.15) is 5.10 Å². The molecule has 0 fully saturated rings. The predicted octanol–water partition coefficient (Wildman–Crippen LogP) is 2.36. The normalized spacial score (nSPS) is 12.8. The predicted molar refractivity (Wildman–Crippen MR) is 84.9 cm³/mol. The van der Waals surface area contributed by atoms with Crippen molar-refractivity contribution in [1.29, 1.82) is 0 Å². The average molecular weight is 325 g/mol. The van der Waals surface area contributed by atoms with E-state index in [-0.39, 0.29) is 5.69 Å². The summed E-state index contributed by atoms with van der Waals surface area (Å²) in [7, 11) is 3.21. The van der Waals surface area contributed by atoms with Crippen molar-refractivity contribution in [2.45, 2.75) is 6.92 Å². The molecule has 0 unspecified atom stereocenters. The van der Waals surface area contributed by atoms with E-state index in [1.807, 2.05) is 19.1 Å². The van der Waals surface area contributed by atoms with E-state index in [9.17, 15) is 4.79 Å². The number of nitrogens with zero attached hydrogens (tertiary/aromatic N) is 4. The SMILES string of the molecule is C/C(=N\N=c1/cc(Cl)n(C)c(=O)n1C)c1ccc(Cl)cc1. The molecule has 5 nitrogen and oxygen atoms in total. The number of rotatable bonds is 2. The summed E-state index contributed by atoms with van der Waals surface area (Å²) in [6, 6.07) is 8.86. The van der Waals surface area contributed by atoms with Crippen LogP contribution in [-0.2, 0) is 14.1 Å². The Kier molecular flexibility index (Phi) is 4.65. The van der Waals surface area contributed by atoms with E-state index in [1.54, 1.807) is 32.3 Å². The van der Waals surface area contributed by atoms with Gasteiger partial charge in [0, 0.05) is 25.2 Å². The maximum atomic E-state index is 11.9. The molecule has 21 heavy (non-hydrogen) atoms. The standard InChI is InChI=1S/C14H14Cl2N4O/c1-9(10-4-6-11(15)7-5-10)17-18-13-8-12(16)19(2)14(21)20(13)3/h4-8H,1-3H3/b17-9+,18-13+. The second-order valence-corrected chi connectivity index (χ2v) is 5.34. The molecule has 0 bridgehead atoms. The molecule has 0 aliphatic heterocycles. The minimum atomic E-state index is -0.263. The van der Waals surface area contributed by atoms with Crippen molar-refractivity contribution < 1.29 is 0 Å². The van der Waals surface area contributed by atoms with Crippen molar-refractivity contribution >= 4 is 28.9 Å². The number of halogens is 2. The fourth-order valence-corrected chi connectivity index (χ4v) is 1.98. The average Bonchev–Trinajstić information content (AvgIpc) is 2.48. The Morgan fingerprint density at radius 3 is 2.33 bits per heavy atom. The van der Waals surface area contributed by atoms with Crippen molar-refractivity contribution in [2.75, 3.05) is 0 Å². The Morgan fingerprint density at radius 1 is 1.10 bits per heavy atom. The zero-order valence-corrected chi connectivity index (χ0v) is 13.4. The lowest BCUT2D eigenvalue weighted by molar-refractivity contribution is 0.670. The van der Waals surface area contributed by atoms with Crippen LogP contribution in [0.25, 0.3) is 0 Å². The van der Waals surface area contributed by atoms with Crippen LogP contribution in [0.15, 0.2) is 45.3 Å². The van der Waals surface area contributed by atoms with Crippen molar-refractivity contribution in [3.05, 3.63) is 62.0 Å². The van der Waals surface area contributed by atoms with Gasteiger partial charge in [-0.05, 0) is 24.6 Å². The Balaban J connectivity index is 2.48. The molecule has 1 aromatic heterocycles. The lowest BCUT2D eigenvalue weighted by atomic mass is 10.1. The van der Waals surface area contributed by atoms with Gasteiger partial charge in [0.25, 0.3) is 0 Å². The second kappa shape index (κ2) is 6.28. The van der Waals surface area contributed by atoms with Gasteiger partial charge in [0.05, 0.1) is 5.71 Å². The zero-order chi connectivity index (χ0) is 15.6. The van der Waals surface area contributed by atoms with E-state index in [0.717, 1.165) is 5.56 Å². The van der Waals surface area contributed by atoms with E-state index in [4.69, 9.17) is 23.2 Å². The van der Waals surface area contributed by atoms with E-state index in [1.165, 1.54) is 9.13 Å². The van der Waals surface area contributed by atoms with Gasteiger partial charge >= 0.3 is 5.69 Å². The minimum absolute atomic E-state index is 0.263. The van der Waals surface area contributed by atoms with Crippen LogP contribution in [0.2, 0.25) is 10.2 Å². The van der Waals surface area contributed by atoms with E-state index in [2.05, 4.69) is 10.2 Å². The fraction of sp³-hybridized carbons (Fsp3) is 0.214. The van der Waals surface area contributed by atoms with Crippen molar-refractivity contribution in [3.8, 4) is 0 Å². The third kappa shape index (κ3) is 3.43. The van der Waals surface area contributed by atoms with Gasteiger partial charge in [0.2, 0.25) is 0 Å². The first-order valence-electron chi connectivity index (χ1n) is 6.17. The van der Waals surface area contributed by atoms with Crippen LogP contribution in [0.4, 0.5) is 0 Å². The number of benzene rings is 1. The summed E-state index contributed by atoms with van der Waals surface area (Å²) < 4.78 is 2.71. The molecule has 1 aromatic carbocycles. The summed E-state index contributed by atoms with van der Waals surface area (Å²) in [6.07, 6.45) is 0. The highest BCUT2D eigenvalue weighted by Gasteiger charge is 2.02. The number of aromatic nitrogens is 2. The summed E-state index contributed by atoms with van der Waals surface area (Å²) in [5.74, 6) is 0. The lowest BCUT2D eigenvalue weighted by Crippen LogP contribution is -2.37. The molecular weight excluding hydrogens is 311 g/mol. The van der Waals surface area contributed by atoms with Crippen LogP contribution in [0.1, 0.15) is 12.5 Å². The molecular formula is C14H14Cl2N4O. The fourth-order valence-electron chi connectivity index (χ4n) is 1.69. The largest absolute Gasteiger partial charge is 0.330 e. The van der Waals surface area contributed by atoms with Crippen molar-refractivity contribution in [3.63, 3.8) is 0 Å². The van der Waals surface area contributed by atoms with Crippen LogP contribution in [0, 0.1) is 0 Å². The zero-order valence-electron chi connectivity index (χ0n) is 11.8. The molecule has 7 heteroatoms. The third-order valence-electron chi connectivity index (χ3n) is 3.05. The van der Waals surface area contributed by atoms with E-state index < -0.39 is 0 Å².